The summed E-state index contributed by atoms with van der Waals surface area (Å²) in [6, 6.07) is 16.5. The van der Waals surface area contributed by atoms with E-state index in [4.69, 9.17) is 0 Å². The molecule has 0 bridgehead atoms. The monoisotopic (exact) mass is 397 g/mol. The third-order valence-electron chi connectivity index (χ3n) is 3.69. The molecule has 2 aromatic heterocycles. The van der Waals surface area contributed by atoms with E-state index in [1.165, 1.54) is 23.1 Å². The Morgan fingerprint density at radius 3 is 2.70 bits per heavy atom. The quantitative estimate of drug-likeness (QED) is 0.556. The molecule has 0 aliphatic carbocycles. The van der Waals surface area contributed by atoms with Crippen LogP contribution in [-0.4, -0.2) is 22.0 Å². The van der Waals surface area contributed by atoms with Crippen molar-refractivity contribution in [2.75, 3.05) is 10.6 Å². The average Bonchev–Trinajstić information content (AvgIpc) is 3.22. The average molecular weight is 398 g/mol. The lowest BCUT2D eigenvalue weighted by Gasteiger charge is -2.15. The lowest BCUT2D eigenvalue weighted by Crippen LogP contribution is -2.25. The van der Waals surface area contributed by atoms with Crippen LogP contribution >= 0.6 is 23.1 Å². The lowest BCUT2D eigenvalue weighted by molar-refractivity contribution is -0.115. The molecule has 2 amide bonds. The van der Waals surface area contributed by atoms with Gasteiger partial charge in [0.15, 0.2) is 0 Å². The number of carbonyl (C=O) groups excluding carboxylic acids is 2. The van der Waals surface area contributed by atoms with E-state index in [-0.39, 0.29) is 17.1 Å². The van der Waals surface area contributed by atoms with Crippen LogP contribution in [0.3, 0.4) is 0 Å². The van der Waals surface area contributed by atoms with Crippen molar-refractivity contribution in [1.29, 1.82) is 0 Å². The van der Waals surface area contributed by atoms with Crippen molar-refractivity contribution in [3.05, 3.63) is 71.1 Å². The Labute approximate surface area is 166 Å². The van der Waals surface area contributed by atoms with Gasteiger partial charge in [0, 0.05) is 16.8 Å². The number of nitrogens with one attached hydrogen (secondary N) is 2. The molecule has 2 N–H and O–H groups in total. The van der Waals surface area contributed by atoms with Crippen molar-refractivity contribution in [1.82, 2.24) is 4.98 Å². The van der Waals surface area contributed by atoms with Gasteiger partial charge in [0.25, 0.3) is 5.91 Å². The molecule has 1 atom stereocenters. The normalized spacial score (nSPS) is 11.6. The first-order chi connectivity index (χ1) is 13.2. The minimum Gasteiger partial charge on any atom is -0.321 e. The van der Waals surface area contributed by atoms with Gasteiger partial charge in [0.2, 0.25) is 5.91 Å². The fourth-order valence-electron chi connectivity index (χ4n) is 2.38. The number of thiophene rings is 1. The molecule has 2 heterocycles. The largest absolute Gasteiger partial charge is 0.321 e. The number of benzene rings is 1. The molecule has 0 saturated heterocycles. The van der Waals surface area contributed by atoms with Gasteiger partial charge in [0.1, 0.15) is 5.82 Å². The van der Waals surface area contributed by atoms with E-state index in [9.17, 15) is 9.59 Å². The van der Waals surface area contributed by atoms with Gasteiger partial charge in [-0.15, -0.1) is 23.1 Å². The van der Waals surface area contributed by atoms with Crippen molar-refractivity contribution < 1.29 is 9.59 Å². The number of nitrogens with zero attached hydrogens (tertiary/aromatic N) is 1. The number of rotatable bonds is 7. The molecule has 3 rings (SSSR count). The highest BCUT2D eigenvalue weighted by molar-refractivity contribution is 8.00. The van der Waals surface area contributed by atoms with Crippen LogP contribution in [0, 0.1) is 0 Å². The zero-order valence-electron chi connectivity index (χ0n) is 14.7. The van der Waals surface area contributed by atoms with Crippen LogP contribution in [0.4, 0.5) is 11.5 Å². The van der Waals surface area contributed by atoms with Crippen LogP contribution in [0.15, 0.2) is 71.1 Å². The van der Waals surface area contributed by atoms with Crippen LogP contribution in [0.25, 0.3) is 0 Å². The van der Waals surface area contributed by atoms with Crippen LogP contribution in [0.1, 0.15) is 23.0 Å². The van der Waals surface area contributed by atoms with E-state index in [2.05, 4.69) is 15.6 Å². The number of pyridine rings is 1. The Morgan fingerprint density at radius 2 is 2.00 bits per heavy atom. The molecule has 7 heteroatoms. The van der Waals surface area contributed by atoms with Gasteiger partial charge >= 0.3 is 0 Å². The molecule has 1 aromatic carbocycles. The van der Waals surface area contributed by atoms with E-state index in [1.54, 1.807) is 24.4 Å². The maximum Gasteiger partial charge on any atom is 0.265 e. The Morgan fingerprint density at radius 1 is 1.11 bits per heavy atom. The van der Waals surface area contributed by atoms with E-state index in [0.29, 0.717) is 22.8 Å². The van der Waals surface area contributed by atoms with Crippen LogP contribution in [0.2, 0.25) is 0 Å². The predicted molar refractivity (Wildman–Crippen MR) is 112 cm³/mol. The summed E-state index contributed by atoms with van der Waals surface area (Å²) < 4.78 is 0. The second kappa shape index (κ2) is 9.34. The number of hydrogen-bond acceptors (Lipinski definition) is 5. The molecule has 5 nitrogen and oxygen atoms in total. The Bertz CT molecular complexity index is 899. The minimum absolute atomic E-state index is 0.0887. The molecule has 3 aromatic rings. The number of aromatic nitrogens is 1. The van der Waals surface area contributed by atoms with Crippen LogP contribution in [0.5, 0.6) is 0 Å². The highest BCUT2D eigenvalue weighted by Crippen LogP contribution is 2.28. The molecular weight excluding hydrogens is 378 g/mol. The first kappa shape index (κ1) is 19.1. The van der Waals surface area contributed by atoms with E-state index in [0.717, 1.165) is 4.90 Å². The summed E-state index contributed by atoms with van der Waals surface area (Å²) in [6.45, 7) is 1.97. The zero-order valence-corrected chi connectivity index (χ0v) is 16.3. The van der Waals surface area contributed by atoms with Gasteiger partial charge < -0.3 is 10.6 Å². The van der Waals surface area contributed by atoms with Gasteiger partial charge in [-0.3, -0.25) is 9.59 Å². The molecule has 138 valence electrons. The van der Waals surface area contributed by atoms with E-state index >= 15 is 0 Å². The summed E-state index contributed by atoms with van der Waals surface area (Å²) in [5.74, 6) is 0.319. The first-order valence-electron chi connectivity index (χ1n) is 8.49. The summed E-state index contributed by atoms with van der Waals surface area (Å²) in [6.07, 6.45) is 2.32. The molecule has 0 aliphatic heterocycles. The Kier molecular flexibility index (Phi) is 6.62. The van der Waals surface area contributed by atoms with Gasteiger partial charge in [-0.05, 0) is 48.2 Å². The summed E-state index contributed by atoms with van der Waals surface area (Å²) in [4.78, 5) is 30.4. The van der Waals surface area contributed by atoms with Crippen molar-refractivity contribution in [2.24, 2.45) is 0 Å². The van der Waals surface area contributed by atoms with E-state index < -0.39 is 0 Å². The molecular formula is C20H19N3O2S2. The molecule has 0 spiro atoms. The highest BCUT2D eigenvalue weighted by Gasteiger charge is 2.18. The molecule has 0 fully saturated rings. The van der Waals surface area contributed by atoms with Crippen molar-refractivity contribution in [2.45, 2.75) is 23.5 Å². The minimum atomic E-state index is -0.254. The number of amides is 2. The van der Waals surface area contributed by atoms with E-state index in [1.807, 2.05) is 48.7 Å². The van der Waals surface area contributed by atoms with Crippen molar-refractivity contribution in [3.63, 3.8) is 0 Å². The van der Waals surface area contributed by atoms with Crippen molar-refractivity contribution >= 4 is 46.4 Å². The fraction of sp³-hybridized carbons (Fsp3) is 0.150. The maximum absolute atomic E-state index is 12.5. The molecule has 0 saturated carbocycles. The second-order valence-electron chi connectivity index (χ2n) is 5.68. The zero-order chi connectivity index (χ0) is 19.1. The smallest absolute Gasteiger partial charge is 0.265 e. The summed E-state index contributed by atoms with van der Waals surface area (Å²) >= 11 is 2.86. The van der Waals surface area contributed by atoms with Crippen molar-refractivity contribution in [3.8, 4) is 0 Å². The van der Waals surface area contributed by atoms with Crippen LogP contribution < -0.4 is 10.6 Å². The second-order valence-corrected chi connectivity index (χ2v) is 7.90. The number of carbonyl (C=O) groups is 2. The Balaban J connectivity index is 1.65. The molecule has 1 unspecified atom stereocenters. The maximum atomic E-state index is 12.5. The summed E-state index contributed by atoms with van der Waals surface area (Å²) in [5, 5.41) is 7.35. The SMILES string of the molecule is CCC(Sc1cccc(NC(=O)c2cccs2)c1)C(=O)Nc1ccccn1. The summed E-state index contributed by atoms with van der Waals surface area (Å²) in [5.41, 5.74) is 0.707. The van der Waals surface area contributed by atoms with Crippen LogP contribution in [-0.2, 0) is 4.79 Å². The van der Waals surface area contributed by atoms with Gasteiger partial charge in [-0.1, -0.05) is 25.1 Å². The third-order valence-corrected chi connectivity index (χ3v) is 5.92. The Hall–Kier alpha value is -2.64. The van der Waals surface area contributed by atoms with Gasteiger partial charge in [0.05, 0.1) is 10.1 Å². The standard InChI is InChI=1S/C20H19N3O2S2/c1-2-16(19(24)23-18-10-3-4-11-21-18)27-15-8-5-7-14(13-15)22-20(25)17-9-6-12-26-17/h3-13,16H,2H2,1H3,(H,22,25)(H,21,23,24). The number of hydrogen-bond donors (Lipinski definition) is 2. The third kappa shape index (κ3) is 5.42. The fourth-order valence-corrected chi connectivity index (χ4v) is 4.01. The first-order valence-corrected chi connectivity index (χ1v) is 10.2. The highest BCUT2D eigenvalue weighted by atomic mass is 32.2. The van der Waals surface area contributed by atoms with Gasteiger partial charge in [-0.25, -0.2) is 4.98 Å². The number of thioether (sulfide) groups is 1. The molecule has 0 radical (unpaired) electrons. The van der Waals surface area contributed by atoms with Gasteiger partial charge in [-0.2, -0.15) is 0 Å². The number of anilines is 2. The molecule has 27 heavy (non-hydrogen) atoms. The lowest BCUT2D eigenvalue weighted by atomic mass is 10.3. The topological polar surface area (TPSA) is 71.1 Å². The summed E-state index contributed by atoms with van der Waals surface area (Å²) in [7, 11) is 0. The molecule has 0 aliphatic rings. The predicted octanol–water partition coefficient (Wildman–Crippen LogP) is 4.90.